The number of primary amides is 1. The van der Waals surface area contributed by atoms with E-state index >= 15 is 0 Å². The van der Waals surface area contributed by atoms with Crippen LogP contribution < -0.4 is 37.6 Å². The molecule has 0 saturated carbocycles. The maximum atomic E-state index is 14.4. The van der Waals surface area contributed by atoms with Crippen LogP contribution in [0.5, 0.6) is 0 Å². The van der Waals surface area contributed by atoms with Gasteiger partial charge in [0.05, 0.1) is 6.54 Å². The van der Waals surface area contributed by atoms with Crippen LogP contribution in [0.15, 0.2) is 60.8 Å². The van der Waals surface area contributed by atoms with E-state index in [1.165, 1.54) is 16.7 Å². The summed E-state index contributed by atoms with van der Waals surface area (Å²) in [7, 11) is 0. The molecule has 17 nitrogen and oxygen atoms in total. The van der Waals surface area contributed by atoms with Gasteiger partial charge in [-0.05, 0) is 60.8 Å². The van der Waals surface area contributed by atoms with Crippen molar-refractivity contribution in [3.63, 3.8) is 0 Å². The number of aromatic nitrogens is 1. The molecule has 2 bridgehead atoms. The smallest absolute Gasteiger partial charge is 0.245 e. The maximum Gasteiger partial charge on any atom is 0.245 e. The number of H-pyrrole nitrogens is 1. The zero-order chi connectivity index (χ0) is 43.3. The Morgan fingerprint density at radius 1 is 0.767 bits per heavy atom. The molecule has 0 spiro atoms. The van der Waals surface area contributed by atoms with Crippen LogP contribution in [0.3, 0.4) is 0 Å². The number of carbonyl (C=O) groups excluding carboxylic acids is 8. The highest BCUT2D eigenvalue weighted by molar-refractivity contribution is 7.98. The second-order valence-corrected chi connectivity index (χ2v) is 16.6. The third-order valence-electron chi connectivity index (χ3n) is 10.6. The van der Waals surface area contributed by atoms with E-state index < -0.39 is 90.1 Å². The fourth-order valence-electron chi connectivity index (χ4n) is 7.44. The molecule has 0 unspecified atom stereocenters. The van der Waals surface area contributed by atoms with Crippen LogP contribution in [0, 0.1) is 5.92 Å². The van der Waals surface area contributed by atoms with Gasteiger partial charge in [0.15, 0.2) is 0 Å². The highest BCUT2D eigenvalue weighted by Crippen LogP contribution is 2.22. The number of nitrogens with two attached hydrogens (primary N) is 1. The average Bonchev–Trinajstić information content (AvgIpc) is 3.80. The topological polar surface area (TPSA) is 254 Å². The van der Waals surface area contributed by atoms with Crippen molar-refractivity contribution in [1.82, 2.24) is 41.8 Å². The first-order valence-corrected chi connectivity index (χ1v) is 21.6. The van der Waals surface area contributed by atoms with Crippen molar-refractivity contribution in [2.24, 2.45) is 11.7 Å². The van der Waals surface area contributed by atoms with Gasteiger partial charge in [-0.15, -0.1) is 0 Å². The summed E-state index contributed by atoms with van der Waals surface area (Å²) in [5.41, 5.74) is 7.60. The SMILES string of the molecule is CSCC[C@@H]1NC(=O)[C@H](CC(C)C)N2CC[C@@H](NC(=O)[C@H](Cc3ccccc3)NC(=O)[C@H](Cc3c[nH]c4ccccc34)NC(=O)[C@H](CCC(N)=O)NC(=O)CNC1=O)C2=O. The number of benzene rings is 2. The van der Waals surface area contributed by atoms with E-state index in [0.29, 0.717) is 16.9 Å². The summed E-state index contributed by atoms with van der Waals surface area (Å²) in [6, 6.07) is 9.43. The fraction of sp³-hybridized carbons (Fsp3) is 0.476. The number of hydrogen-bond acceptors (Lipinski definition) is 9. The number of aromatic amines is 1. The average molecular weight is 846 g/mol. The van der Waals surface area contributed by atoms with Crippen molar-refractivity contribution < 1.29 is 38.4 Å². The lowest BCUT2D eigenvalue weighted by Crippen LogP contribution is -2.59. The summed E-state index contributed by atoms with van der Waals surface area (Å²) in [6.45, 7) is 3.38. The van der Waals surface area contributed by atoms with Gasteiger partial charge in [0.1, 0.15) is 36.3 Å². The number of hydrogen-bond donors (Lipinski definition) is 8. The van der Waals surface area contributed by atoms with Crippen LogP contribution in [0.4, 0.5) is 0 Å². The molecule has 3 aromatic rings. The summed E-state index contributed by atoms with van der Waals surface area (Å²) in [5, 5.41) is 17.0. The highest BCUT2D eigenvalue weighted by Gasteiger charge is 2.42. The number of para-hydroxylation sites is 1. The van der Waals surface area contributed by atoms with E-state index in [9.17, 15) is 38.4 Å². The molecule has 2 aromatic carbocycles. The molecular weight excluding hydrogens is 791 g/mol. The molecule has 2 saturated heterocycles. The van der Waals surface area contributed by atoms with Crippen LogP contribution >= 0.6 is 11.8 Å². The molecule has 5 rings (SSSR count). The van der Waals surface area contributed by atoms with Gasteiger partial charge in [0, 0.05) is 42.9 Å². The molecule has 2 fully saturated rings. The van der Waals surface area contributed by atoms with Gasteiger partial charge in [0.25, 0.3) is 0 Å². The van der Waals surface area contributed by atoms with Crippen molar-refractivity contribution in [1.29, 1.82) is 0 Å². The minimum Gasteiger partial charge on any atom is -0.370 e. The van der Waals surface area contributed by atoms with Gasteiger partial charge in [-0.2, -0.15) is 11.8 Å². The number of fused-ring (bicyclic) bond motifs is 3. The van der Waals surface area contributed by atoms with Crippen LogP contribution in [-0.2, 0) is 51.2 Å². The second kappa shape index (κ2) is 21.4. The fourth-order valence-corrected chi connectivity index (χ4v) is 7.91. The molecule has 1 aromatic heterocycles. The Kier molecular flexibility index (Phi) is 16.1. The van der Waals surface area contributed by atoms with E-state index in [4.69, 9.17) is 5.73 Å². The van der Waals surface area contributed by atoms with Crippen molar-refractivity contribution in [2.75, 3.05) is 25.1 Å². The van der Waals surface area contributed by atoms with Crippen LogP contribution in [0.2, 0.25) is 0 Å². The largest absolute Gasteiger partial charge is 0.370 e. The number of carbonyl (C=O) groups is 8. The van der Waals surface area contributed by atoms with E-state index in [1.54, 1.807) is 30.5 Å². The first-order valence-electron chi connectivity index (χ1n) is 20.2. The molecule has 2 aliphatic rings. The monoisotopic (exact) mass is 845 g/mol. The van der Waals surface area contributed by atoms with E-state index in [0.717, 1.165) is 10.9 Å². The van der Waals surface area contributed by atoms with E-state index in [1.807, 2.05) is 50.4 Å². The molecule has 9 N–H and O–H groups in total. The second-order valence-electron chi connectivity index (χ2n) is 15.6. The van der Waals surface area contributed by atoms with Gasteiger partial charge in [-0.3, -0.25) is 38.4 Å². The Morgan fingerprint density at radius 3 is 2.10 bits per heavy atom. The minimum absolute atomic E-state index is 0.0275. The number of nitrogens with one attached hydrogen (secondary N) is 7. The predicted molar refractivity (Wildman–Crippen MR) is 226 cm³/mol. The lowest BCUT2D eigenvalue weighted by atomic mass is 10.0. The molecule has 322 valence electrons. The third kappa shape index (κ3) is 12.3. The quantitative estimate of drug-likeness (QED) is 0.124. The number of rotatable bonds is 12. The molecule has 0 aliphatic carbocycles. The molecule has 8 amide bonds. The molecule has 0 radical (unpaired) electrons. The normalized spacial score (nSPS) is 23.9. The lowest BCUT2D eigenvalue weighted by molar-refractivity contribution is -0.141. The van der Waals surface area contributed by atoms with Gasteiger partial charge < -0.3 is 47.5 Å². The van der Waals surface area contributed by atoms with Crippen molar-refractivity contribution in [3.8, 4) is 0 Å². The van der Waals surface area contributed by atoms with Crippen LogP contribution in [0.25, 0.3) is 10.9 Å². The van der Waals surface area contributed by atoms with Crippen molar-refractivity contribution in [2.45, 2.75) is 95.0 Å². The zero-order valence-corrected chi connectivity index (χ0v) is 34.9. The van der Waals surface area contributed by atoms with Gasteiger partial charge in [0.2, 0.25) is 47.3 Å². The van der Waals surface area contributed by atoms with Gasteiger partial charge in [-0.1, -0.05) is 62.4 Å². The highest BCUT2D eigenvalue weighted by atomic mass is 32.2. The van der Waals surface area contributed by atoms with E-state index in [-0.39, 0.29) is 57.4 Å². The first kappa shape index (κ1) is 45.2. The number of amides is 8. The zero-order valence-electron chi connectivity index (χ0n) is 34.1. The Bertz CT molecular complexity index is 2040. The van der Waals surface area contributed by atoms with E-state index in [2.05, 4.69) is 36.9 Å². The summed E-state index contributed by atoms with van der Waals surface area (Å²) in [5.74, 6) is -4.94. The van der Waals surface area contributed by atoms with Crippen LogP contribution in [0.1, 0.15) is 57.1 Å². The maximum absolute atomic E-state index is 14.4. The molecule has 2 aliphatic heterocycles. The predicted octanol–water partition coefficient (Wildman–Crippen LogP) is 0.173. The van der Waals surface area contributed by atoms with Gasteiger partial charge >= 0.3 is 0 Å². The molecule has 6 atom stereocenters. The molecule has 3 heterocycles. The van der Waals surface area contributed by atoms with Gasteiger partial charge in [-0.25, -0.2) is 0 Å². The number of thioether (sulfide) groups is 1. The minimum atomic E-state index is -1.36. The molecule has 18 heteroatoms. The summed E-state index contributed by atoms with van der Waals surface area (Å²) < 4.78 is 0. The van der Waals surface area contributed by atoms with Crippen molar-refractivity contribution >= 4 is 69.9 Å². The summed E-state index contributed by atoms with van der Waals surface area (Å²) in [4.78, 5) is 114. The standard InChI is InChI=1S/C42H55N9O8S/c1-24(2)19-34-41(58)47-30(16-18-60-3)37(54)45-23-36(53)46-29(13-14-35(43)52)38(55)50-33(21-26-22-44-28-12-8-7-11-27(26)28)40(57)49-32(20-25-9-5-4-6-10-25)39(56)48-31-15-17-51(34)42(31)59/h4-12,22,24,29-34,44H,13-21,23H2,1-3H3,(H2,43,52)(H,45,54)(H,46,53)(H,47,58)(H,48,56)(H,49,57)(H,50,55)/t29-,30-,31+,32-,33-,34-/m0/s1. The van der Waals surface area contributed by atoms with Crippen molar-refractivity contribution in [3.05, 3.63) is 71.9 Å². The summed E-state index contributed by atoms with van der Waals surface area (Å²) in [6.07, 6.45) is 3.71. The molecule has 60 heavy (non-hydrogen) atoms. The Hall–Kier alpha value is -5.91. The lowest BCUT2D eigenvalue weighted by Gasteiger charge is -2.30. The summed E-state index contributed by atoms with van der Waals surface area (Å²) >= 11 is 1.45. The van der Waals surface area contributed by atoms with Crippen LogP contribution in [-0.4, -0.2) is 118 Å². The third-order valence-corrected chi connectivity index (χ3v) is 11.2. The number of nitrogens with zero attached hydrogens (tertiary/aromatic N) is 1. The molecular formula is C42H55N9O8S. The Balaban J connectivity index is 1.53. The Morgan fingerprint density at radius 2 is 1.40 bits per heavy atom. The first-order chi connectivity index (χ1) is 28.7. The Labute approximate surface area is 352 Å².